The van der Waals surface area contributed by atoms with Crippen LogP contribution in [-0.2, 0) is 5.75 Å². The summed E-state index contributed by atoms with van der Waals surface area (Å²) in [6.45, 7) is 2.01. The predicted molar refractivity (Wildman–Crippen MR) is 82.9 cm³/mol. The van der Waals surface area contributed by atoms with Crippen molar-refractivity contribution in [1.29, 1.82) is 0 Å². The summed E-state index contributed by atoms with van der Waals surface area (Å²) in [7, 11) is 0. The first-order valence-electron chi connectivity index (χ1n) is 6.40. The predicted octanol–water partition coefficient (Wildman–Crippen LogP) is 3.94. The lowest BCUT2D eigenvalue weighted by molar-refractivity contribution is 0.108. The van der Waals surface area contributed by atoms with Gasteiger partial charge >= 0.3 is 0 Å². The van der Waals surface area contributed by atoms with E-state index in [2.05, 4.69) is 9.97 Å². The molecule has 3 aromatic rings. The van der Waals surface area contributed by atoms with Gasteiger partial charge in [0.2, 0.25) is 5.12 Å². The molecule has 0 unspecified atom stereocenters. The van der Waals surface area contributed by atoms with E-state index in [4.69, 9.17) is 0 Å². The first-order valence-corrected chi connectivity index (χ1v) is 7.38. The monoisotopic (exact) mass is 282 g/mol. The second kappa shape index (κ2) is 5.51. The van der Waals surface area contributed by atoms with Gasteiger partial charge < -0.3 is 4.98 Å². The number of carbonyl (C=O) groups excluding carboxylic acids is 1. The molecule has 0 saturated carbocycles. The van der Waals surface area contributed by atoms with Crippen molar-refractivity contribution < 1.29 is 4.79 Å². The summed E-state index contributed by atoms with van der Waals surface area (Å²) in [4.78, 5) is 19.8. The number of aromatic amines is 1. The number of aryl methyl sites for hydroxylation is 1. The van der Waals surface area contributed by atoms with Crippen LogP contribution in [0.15, 0.2) is 48.5 Å². The SMILES string of the molecule is Cc1ccc(C(=O)SCc2nc3ccccc3[nH]2)cc1. The number of hydrogen-bond acceptors (Lipinski definition) is 3. The van der Waals surface area contributed by atoms with Gasteiger partial charge in [0.15, 0.2) is 0 Å². The highest BCUT2D eigenvalue weighted by atomic mass is 32.2. The molecule has 0 saturated heterocycles. The Morgan fingerprint density at radius 3 is 2.65 bits per heavy atom. The normalized spacial score (nSPS) is 10.8. The minimum atomic E-state index is 0.0745. The molecule has 0 amide bonds. The molecule has 3 rings (SSSR count). The number of para-hydroxylation sites is 2. The minimum Gasteiger partial charge on any atom is -0.341 e. The quantitative estimate of drug-likeness (QED) is 0.791. The van der Waals surface area contributed by atoms with Gasteiger partial charge in [-0.15, -0.1) is 0 Å². The van der Waals surface area contributed by atoms with Crippen LogP contribution >= 0.6 is 11.8 Å². The highest BCUT2D eigenvalue weighted by molar-refractivity contribution is 8.13. The molecule has 3 nitrogen and oxygen atoms in total. The van der Waals surface area contributed by atoms with Crippen molar-refractivity contribution in [2.45, 2.75) is 12.7 Å². The largest absolute Gasteiger partial charge is 0.341 e. The Morgan fingerprint density at radius 2 is 1.90 bits per heavy atom. The summed E-state index contributed by atoms with van der Waals surface area (Å²) in [5.41, 5.74) is 3.83. The van der Waals surface area contributed by atoms with Crippen LogP contribution in [0.1, 0.15) is 21.7 Å². The van der Waals surface area contributed by atoms with E-state index in [1.54, 1.807) is 0 Å². The van der Waals surface area contributed by atoms with Gasteiger partial charge in [-0.3, -0.25) is 4.79 Å². The van der Waals surface area contributed by atoms with Crippen molar-refractivity contribution in [2.24, 2.45) is 0 Å². The molecule has 0 atom stereocenters. The van der Waals surface area contributed by atoms with Crippen LogP contribution in [0.25, 0.3) is 11.0 Å². The van der Waals surface area contributed by atoms with Crippen LogP contribution in [-0.4, -0.2) is 15.1 Å². The van der Waals surface area contributed by atoms with Crippen molar-refractivity contribution in [3.63, 3.8) is 0 Å². The van der Waals surface area contributed by atoms with E-state index in [-0.39, 0.29) is 5.12 Å². The number of nitrogens with one attached hydrogen (secondary N) is 1. The molecule has 1 aromatic heterocycles. The van der Waals surface area contributed by atoms with E-state index in [1.807, 2.05) is 55.5 Å². The van der Waals surface area contributed by atoms with Crippen LogP contribution in [0.2, 0.25) is 0 Å². The van der Waals surface area contributed by atoms with Crippen LogP contribution < -0.4 is 0 Å². The maximum Gasteiger partial charge on any atom is 0.219 e. The number of fused-ring (bicyclic) bond motifs is 1. The summed E-state index contributed by atoms with van der Waals surface area (Å²) in [6.07, 6.45) is 0. The lowest BCUT2D eigenvalue weighted by atomic mass is 10.2. The van der Waals surface area contributed by atoms with Gasteiger partial charge in [-0.2, -0.15) is 0 Å². The second-order valence-corrected chi connectivity index (χ2v) is 5.59. The highest BCUT2D eigenvalue weighted by Crippen LogP contribution is 2.19. The topological polar surface area (TPSA) is 45.8 Å². The number of nitrogens with zero attached hydrogens (tertiary/aromatic N) is 1. The number of aromatic nitrogens is 2. The van der Waals surface area contributed by atoms with Gasteiger partial charge in [0.25, 0.3) is 0 Å². The van der Waals surface area contributed by atoms with Crippen molar-refractivity contribution in [1.82, 2.24) is 9.97 Å². The summed E-state index contributed by atoms with van der Waals surface area (Å²) in [5.74, 6) is 1.39. The zero-order valence-electron chi connectivity index (χ0n) is 11.1. The summed E-state index contributed by atoms with van der Waals surface area (Å²) in [5, 5.41) is 0.0745. The highest BCUT2D eigenvalue weighted by Gasteiger charge is 2.09. The van der Waals surface area contributed by atoms with Gasteiger partial charge in [-0.05, 0) is 19.1 Å². The third kappa shape index (κ3) is 2.75. The molecule has 2 aromatic carbocycles. The smallest absolute Gasteiger partial charge is 0.219 e. The maximum atomic E-state index is 12.1. The van der Waals surface area contributed by atoms with Crippen molar-refractivity contribution in [2.75, 3.05) is 0 Å². The number of rotatable bonds is 3. The molecule has 1 N–H and O–H groups in total. The van der Waals surface area contributed by atoms with Gasteiger partial charge in [0.05, 0.1) is 16.8 Å². The van der Waals surface area contributed by atoms with E-state index in [1.165, 1.54) is 11.8 Å². The van der Waals surface area contributed by atoms with Crippen LogP contribution in [0, 0.1) is 6.92 Å². The van der Waals surface area contributed by atoms with E-state index >= 15 is 0 Å². The van der Waals surface area contributed by atoms with E-state index < -0.39 is 0 Å². The maximum absolute atomic E-state index is 12.1. The van der Waals surface area contributed by atoms with Crippen LogP contribution in [0.4, 0.5) is 0 Å². The number of imidazole rings is 1. The molecule has 0 spiro atoms. The molecule has 20 heavy (non-hydrogen) atoms. The lowest BCUT2D eigenvalue weighted by Crippen LogP contribution is -1.95. The Labute approximate surface area is 121 Å². The third-order valence-corrected chi connectivity index (χ3v) is 3.98. The second-order valence-electron chi connectivity index (χ2n) is 4.64. The molecular formula is C16H14N2OS. The molecule has 0 aliphatic carbocycles. The molecule has 0 bridgehead atoms. The van der Waals surface area contributed by atoms with E-state index in [0.717, 1.165) is 28.0 Å². The average molecular weight is 282 g/mol. The Hall–Kier alpha value is -2.07. The zero-order chi connectivity index (χ0) is 13.9. The first-order chi connectivity index (χ1) is 9.72. The van der Waals surface area contributed by atoms with Crippen molar-refractivity contribution in [3.8, 4) is 0 Å². The van der Waals surface area contributed by atoms with Crippen LogP contribution in [0.5, 0.6) is 0 Å². The Balaban J connectivity index is 1.69. The number of thioether (sulfide) groups is 1. The summed E-state index contributed by atoms with van der Waals surface area (Å²) in [6, 6.07) is 15.5. The first kappa shape index (κ1) is 12.9. The molecule has 0 aliphatic rings. The third-order valence-electron chi connectivity index (χ3n) is 3.07. The van der Waals surface area contributed by atoms with Gasteiger partial charge in [0, 0.05) is 5.56 Å². The van der Waals surface area contributed by atoms with Crippen molar-refractivity contribution in [3.05, 3.63) is 65.5 Å². The summed E-state index contributed by atoms with van der Waals surface area (Å²) >= 11 is 1.27. The molecule has 0 fully saturated rings. The number of carbonyl (C=O) groups is 1. The molecular weight excluding hydrogens is 268 g/mol. The standard InChI is InChI=1S/C16H14N2OS/c1-11-6-8-12(9-7-11)16(19)20-10-15-17-13-4-2-3-5-14(13)18-15/h2-9H,10H2,1H3,(H,17,18). The lowest BCUT2D eigenvalue weighted by Gasteiger charge is -2.00. The molecule has 0 aliphatic heterocycles. The fraction of sp³-hybridized carbons (Fsp3) is 0.125. The van der Waals surface area contributed by atoms with E-state index in [9.17, 15) is 4.79 Å². The Kier molecular flexibility index (Phi) is 3.56. The molecule has 1 heterocycles. The van der Waals surface area contributed by atoms with Gasteiger partial charge in [-0.1, -0.05) is 53.7 Å². The number of benzene rings is 2. The van der Waals surface area contributed by atoms with Crippen molar-refractivity contribution >= 4 is 27.9 Å². The zero-order valence-corrected chi connectivity index (χ0v) is 11.9. The van der Waals surface area contributed by atoms with Gasteiger partial charge in [-0.25, -0.2) is 4.98 Å². The Bertz CT molecular complexity index is 714. The number of H-pyrrole nitrogens is 1. The molecule has 100 valence electrons. The molecule has 4 heteroatoms. The van der Waals surface area contributed by atoms with E-state index in [0.29, 0.717) is 5.75 Å². The fourth-order valence-electron chi connectivity index (χ4n) is 1.98. The fourth-order valence-corrected chi connectivity index (χ4v) is 2.69. The van der Waals surface area contributed by atoms with Gasteiger partial charge in [0.1, 0.15) is 5.82 Å². The summed E-state index contributed by atoms with van der Waals surface area (Å²) < 4.78 is 0. The average Bonchev–Trinajstić information content (AvgIpc) is 2.88. The Morgan fingerprint density at radius 1 is 1.15 bits per heavy atom. The minimum absolute atomic E-state index is 0.0745. The molecule has 0 radical (unpaired) electrons. The number of hydrogen-bond donors (Lipinski definition) is 1. The van der Waals surface area contributed by atoms with Crippen LogP contribution in [0.3, 0.4) is 0 Å².